The van der Waals surface area contributed by atoms with E-state index in [1.807, 2.05) is 49.4 Å². The third kappa shape index (κ3) is 4.07. The van der Waals surface area contributed by atoms with Crippen molar-refractivity contribution in [2.75, 3.05) is 29.4 Å². The van der Waals surface area contributed by atoms with Gasteiger partial charge in [0.15, 0.2) is 11.5 Å². The van der Waals surface area contributed by atoms with Crippen LogP contribution in [0.2, 0.25) is 0 Å². The first-order chi connectivity index (χ1) is 13.2. The average molecular weight is 366 g/mol. The van der Waals surface area contributed by atoms with Gasteiger partial charge in [0.1, 0.15) is 5.82 Å². The van der Waals surface area contributed by atoms with E-state index < -0.39 is 0 Å². The molecule has 0 saturated heterocycles. The van der Waals surface area contributed by atoms with Crippen molar-refractivity contribution in [1.82, 2.24) is 19.8 Å². The van der Waals surface area contributed by atoms with Gasteiger partial charge in [-0.05, 0) is 45.0 Å². The first-order valence-corrected chi connectivity index (χ1v) is 9.49. The molecule has 0 unspecified atom stereocenters. The van der Waals surface area contributed by atoms with Gasteiger partial charge in [0, 0.05) is 38.2 Å². The molecule has 7 nitrogen and oxygen atoms in total. The van der Waals surface area contributed by atoms with Gasteiger partial charge in [0.25, 0.3) is 0 Å². The van der Waals surface area contributed by atoms with E-state index in [1.54, 1.807) is 9.42 Å². The summed E-state index contributed by atoms with van der Waals surface area (Å²) in [6, 6.07) is 13.6. The van der Waals surface area contributed by atoms with Crippen LogP contribution in [0.25, 0.3) is 5.65 Å². The summed E-state index contributed by atoms with van der Waals surface area (Å²) in [6.07, 6.45) is 0.860. The van der Waals surface area contributed by atoms with Crippen molar-refractivity contribution >= 4 is 23.1 Å². The second-order valence-electron chi connectivity index (χ2n) is 6.22. The standard InChI is InChI=1S/C20H26N6O/c1-4-24(5-2)19-13-12-17-21-22-18(26(17)23-19)14-15-20(27)25(6-3)16-10-8-7-9-11-16/h7-13H,4-6,14-15H2,1-3H3. The predicted octanol–water partition coefficient (Wildman–Crippen LogP) is 2.96. The number of aryl methyl sites for hydroxylation is 1. The molecule has 0 aliphatic carbocycles. The van der Waals surface area contributed by atoms with E-state index in [4.69, 9.17) is 0 Å². The summed E-state index contributed by atoms with van der Waals surface area (Å²) in [6.45, 7) is 8.58. The number of rotatable bonds is 8. The molecule has 7 heteroatoms. The number of hydrogen-bond acceptors (Lipinski definition) is 5. The molecule has 1 amide bonds. The van der Waals surface area contributed by atoms with Crippen LogP contribution in [0.4, 0.5) is 11.5 Å². The second-order valence-corrected chi connectivity index (χ2v) is 6.22. The normalized spacial score (nSPS) is 10.9. The van der Waals surface area contributed by atoms with Crippen molar-refractivity contribution in [2.45, 2.75) is 33.6 Å². The highest BCUT2D eigenvalue weighted by atomic mass is 16.2. The van der Waals surface area contributed by atoms with E-state index in [-0.39, 0.29) is 5.91 Å². The fraction of sp³-hybridized carbons (Fsp3) is 0.400. The zero-order valence-corrected chi connectivity index (χ0v) is 16.2. The van der Waals surface area contributed by atoms with Crippen LogP contribution in [0, 0.1) is 0 Å². The van der Waals surface area contributed by atoms with Crippen molar-refractivity contribution in [2.24, 2.45) is 0 Å². The summed E-state index contributed by atoms with van der Waals surface area (Å²) in [5.41, 5.74) is 1.61. The number of carbonyl (C=O) groups excluding carboxylic acids is 1. The Hall–Kier alpha value is -2.96. The van der Waals surface area contributed by atoms with Crippen LogP contribution >= 0.6 is 0 Å². The molecule has 0 bridgehead atoms. The first-order valence-electron chi connectivity index (χ1n) is 9.49. The Morgan fingerprint density at radius 2 is 1.70 bits per heavy atom. The Balaban J connectivity index is 1.76. The molecule has 0 atom stereocenters. The third-order valence-corrected chi connectivity index (χ3v) is 4.65. The largest absolute Gasteiger partial charge is 0.356 e. The quantitative estimate of drug-likeness (QED) is 0.613. The highest BCUT2D eigenvalue weighted by molar-refractivity contribution is 5.93. The predicted molar refractivity (Wildman–Crippen MR) is 107 cm³/mol. The minimum absolute atomic E-state index is 0.0698. The molecule has 0 radical (unpaired) electrons. The van der Waals surface area contributed by atoms with Gasteiger partial charge >= 0.3 is 0 Å². The van der Waals surface area contributed by atoms with Crippen LogP contribution in [-0.4, -0.2) is 45.4 Å². The summed E-state index contributed by atoms with van der Waals surface area (Å²) in [7, 11) is 0. The van der Waals surface area contributed by atoms with Gasteiger partial charge < -0.3 is 9.80 Å². The fourth-order valence-corrected chi connectivity index (χ4v) is 3.16. The van der Waals surface area contributed by atoms with Gasteiger partial charge in [0.2, 0.25) is 5.91 Å². The number of fused-ring (bicyclic) bond motifs is 1. The van der Waals surface area contributed by atoms with E-state index in [0.29, 0.717) is 30.9 Å². The summed E-state index contributed by atoms with van der Waals surface area (Å²) in [5, 5.41) is 13.1. The van der Waals surface area contributed by atoms with Crippen LogP contribution in [0.1, 0.15) is 33.0 Å². The zero-order valence-electron chi connectivity index (χ0n) is 16.2. The molecular weight excluding hydrogens is 340 g/mol. The van der Waals surface area contributed by atoms with Gasteiger partial charge in [-0.1, -0.05) is 18.2 Å². The lowest BCUT2D eigenvalue weighted by Crippen LogP contribution is -2.30. The molecule has 2 aromatic heterocycles. The Morgan fingerprint density at radius 1 is 0.963 bits per heavy atom. The topological polar surface area (TPSA) is 66.6 Å². The minimum atomic E-state index is 0.0698. The number of anilines is 2. The van der Waals surface area contributed by atoms with Crippen LogP contribution in [0.5, 0.6) is 0 Å². The molecule has 0 spiro atoms. The van der Waals surface area contributed by atoms with Crippen LogP contribution in [-0.2, 0) is 11.2 Å². The van der Waals surface area contributed by atoms with Crippen molar-refractivity contribution in [3.05, 3.63) is 48.3 Å². The summed E-state index contributed by atoms with van der Waals surface area (Å²) in [4.78, 5) is 16.7. The zero-order chi connectivity index (χ0) is 19.2. The number of carbonyl (C=O) groups is 1. The lowest BCUT2D eigenvalue weighted by Gasteiger charge is -2.21. The van der Waals surface area contributed by atoms with E-state index in [9.17, 15) is 4.79 Å². The monoisotopic (exact) mass is 366 g/mol. The van der Waals surface area contributed by atoms with Gasteiger partial charge in [-0.3, -0.25) is 4.79 Å². The molecule has 142 valence electrons. The molecule has 0 aliphatic heterocycles. The molecule has 3 rings (SSSR count). The van der Waals surface area contributed by atoms with Crippen molar-refractivity contribution in [3.63, 3.8) is 0 Å². The smallest absolute Gasteiger partial charge is 0.227 e. The highest BCUT2D eigenvalue weighted by Crippen LogP contribution is 2.16. The number of amides is 1. The average Bonchev–Trinajstić information content (AvgIpc) is 3.11. The maximum Gasteiger partial charge on any atom is 0.227 e. The van der Waals surface area contributed by atoms with Crippen LogP contribution < -0.4 is 9.80 Å². The molecule has 0 fully saturated rings. The van der Waals surface area contributed by atoms with Gasteiger partial charge in [-0.25, -0.2) is 0 Å². The first kappa shape index (κ1) is 18.8. The second kappa shape index (κ2) is 8.62. The highest BCUT2D eigenvalue weighted by Gasteiger charge is 2.16. The molecule has 2 heterocycles. The minimum Gasteiger partial charge on any atom is -0.356 e. The Bertz CT molecular complexity index is 888. The Kier molecular flexibility index (Phi) is 6.01. The number of para-hydroxylation sites is 1. The summed E-state index contributed by atoms with van der Waals surface area (Å²) >= 11 is 0. The van der Waals surface area contributed by atoms with Crippen LogP contribution in [0.15, 0.2) is 42.5 Å². The molecule has 0 saturated carbocycles. The van der Waals surface area contributed by atoms with Crippen molar-refractivity contribution < 1.29 is 4.79 Å². The number of nitrogens with zero attached hydrogens (tertiary/aromatic N) is 6. The fourth-order valence-electron chi connectivity index (χ4n) is 3.16. The van der Waals surface area contributed by atoms with Crippen LogP contribution in [0.3, 0.4) is 0 Å². The molecule has 0 N–H and O–H groups in total. The molecule has 0 aliphatic rings. The maximum atomic E-state index is 12.7. The SMILES string of the molecule is CCN(CC)c1ccc2nnc(CCC(=O)N(CC)c3ccccc3)n2n1. The van der Waals surface area contributed by atoms with E-state index in [2.05, 4.69) is 34.0 Å². The molecule has 3 aromatic rings. The van der Waals surface area contributed by atoms with E-state index in [0.717, 1.165) is 24.6 Å². The summed E-state index contributed by atoms with van der Waals surface area (Å²) in [5.74, 6) is 1.66. The summed E-state index contributed by atoms with van der Waals surface area (Å²) < 4.78 is 1.75. The van der Waals surface area contributed by atoms with E-state index in [1.165, 1.54) is 0 Å². The number of benzene rings is 1. The Labute approximate surface area is 159 Å². The van der Waals surface area contributed by atoms with Gasteiger partial charge in [-0.2, -0.15) is 4.52 Å². The Morgan fingerprint density at radius 3 is 2.37 bits per heavy atom. The van der Waals surface area contributed by atoms with E-state index >= 15 is 0 Å². The molecule has 1 aromatic carbocycles. The third-order valence-electron chi connectivity index (χ3n) is 4.65. The molecule has 27 heavy (non-hydrogen) atoms. The van der Waals surface area contributed by atoms with Crippen molar-refractivity contribution in [1.29, 1.82) is 0 Å². The van der Waals surface area contributed by atoms with Gasteiger partial charge in [-0.15, -0.1) is 15.3 Å². The lowest BCUT2D eigenvalue weighted by molar-refractivity contribution is -0.118. The number of aromatic nitrogens is 4. The van der Waals surface area contributed by atoms with Crippen molar-refractivity contribution in [3.8, 4) is 0 Å². The maximum absolute atomic E-state index is 12.7. The lowest BCUT2D eigenvalue weighted by atomic mass is 10.2. The van der Waals surface area contributed by atoms with Gasteiger partial charge in [0.05, 0.1) is 0 Å². The number of hydrogen-bond donors (Lipinski definition) is 0. The molecular formula is C20H26N6O.